The van der Waals surface area contributed by atoms with Crippen LogP contribution < -0.4 is 0 Å². The first-order chi connectivity index (χ1) is 7.84. The molecule has 0 fully saturated rings. The highest BCUT2D eigenvalue weighted by Crippen LogP contribution is 2.23. The van der Waals surface area contributed by atoms with Gasteiger partial charge < -0.3 is 9.32 Å². The Morgan fingerprint density at radius 2 is 2.38 bits per heavy atom. The molecule has 0 aromatic carbocycles. The van der Waals surface area contributed by atoms with Crippen molar-refractivity contribution in [2.45, 2.75) is 13.1 Å². The lowest BCUT2D eigenvalue weighted by Crippen LogP contribution is -2.22. The molecule has 0 atom stereocenters. The van der Waals surface area contributed by atoms with Crippen molar-refractivity contribution in [3.63, 3.8) is 0 Å². The van der Waals surface area contributed by atoms with Crippen molar-refractivity contribution in [1.29, 1.82) is 0 Å². The molecule has 3 heterocycles. The number of carbonyl (C=O) groups excluding carboxylic acids is 1. The van der Waals surface area contributed by atoms with Crippen molar-refractivity contribution in [3.05, 3.63) is 53.7 Å². The molecular formula is C12H10N2O2. The van der Waals surface area contributed by atoms with Crippen molar-refractivity contribution in [3.8, 4) is 0 Å². The zero-order chi connectivity index (χ0) is 11.0. The first-order valence-corrected chi connectivity index (χ1v) is 5.09. The van der Waals surface area contributed by atoms with Crippen LogP contribution in [0.1, 0.15) is 21.7 Å². The van der Waals surface area contributed by atoms with E-state index in [0.29, 0.717) is 18.7 Å². The van der Waals surface area contributed by atoms with Crippen molar-refractivity contribution in [1.82, 2.24) is 9.88 Å². The molecule has 0 saturated heterocycles. The molecule has 80 valence electrons. The summed E-state index contributed by atoms with van der Waals surface area (Å²) in [5.41, 5.74) is 1.74. The van der Waals surface area contributed by atoms with Crippen LogP contribution in [0.3, 0.4) is 0 Å². The van der Waals surface area contributed by atoms with Crippen molar-refractivity contribution in [2.24, 2.45) is 0 Å². The lowest BCUT2D eigenvalue weighted by atomic mass is 10.2. The predicted molar refractivity (Wildman–Crippen MR) is 56.5 cm³/mol. The minimum absolute atomic E-state index is 0.0273. The Morgan fingerprint density at radius 1 is 1.44 bits per heavy atom. The van der Waals surface area contributed by atoms with Gasteiger partial charge in [0.15, 0.2) is 0 Å². The normalized spacial score (nSPS) is 14.2. The highest BCUT2D eigenvalue weighted by molar-refractivity contribution is 5.97. The molecule has 0 saturated carbocycles. The van der Waals surface area contributed by atoms with Gasteiger partial charge in [0.2, 0.25) is 0 Å². The fourth-order valence-electron chi connectivity index (χ4n) is 1.92. The van der Waals surface area contributed by atoms with E-state index in [9.17, 15) is 4.79 Å². The van der Waals surface area contributed by atoms with Gasteiger partial charge in [-0.2, -0.15) is 0 Å². The topological polar surface area (TPSA) is 46.3 Å². The fraction of sp³-hybridized carbons (Fsp3) is 0.167. The summed E-state index contributed by atoms with van der Waals surface area (Å²) in [6.45, 7) is 1.15. The van der Waals surface area contributed by atoms with Crippen LogP contribution in [-0.4, -0.2) is 15.8 Å². The van der Waals surface area contributed by atoms with Crippen LogP contribution in [0.2, 0.25) is 0 Å². The van der Waals surface area contributed by atoms with E-state index in [1.165, 1.54) is 0 Å². The first-order valence-electron chi connectivity index (χ1n) is 5.09. The number of furan rings is 1. The number of fused-ring (bicyclic) bond motifs is 1. The van der Waals surface area contributed by atoms with Gasteiger partial charge >= 0.3 is 0 Å². The molecule has 1 aliphatic heterocycles. The van der Waals surface area contributed by atoms with Gasteiger partial charge in [0.1, 0.15) is 5.76 Å². The Labute approximate surface area is 92.5 Å². The molecule has 0 spiro atoms. The lowest BCUT2D eigenvalue weighted by molar-refractivity contribution is 0.0755. The molecule has 0 bridgehead atoms. The Bertz CT molecular complexity index is 518. The zero-order valence-corrected chi connectivity index (χ0v) is 8.59. The summed E-state index contributed by atoms with van der Waals surface area (Å²) in [5, 5.41) is 0. The number of nitrogens with zero attached hydrogens (tertiary/aromatic N) is 2. The number of amides is 1. The molecule has 0 unspecified atom stereocenters. The Balaban J connectivity index is 1.85. The molecule has 16 heavy (non-hydrogen) atoms. The summed E-state index contributed by atoms with van der Waals surface area (Å²) >= 11 is 0. The Morgan fingerprint density at radius 3 is 3.12 bits per heavy atom. The minimum atomic E-state index is 0.0273. The van der Waals surface area contributed by atoms with Crippen LogP contribution in [0.4, 0.5) is 0 Å². The smallest absolute Gasteiger partial charge is 0.256 e. The summed E-state index contributed by atoms with van der Waals surface area (Å²) in [5.74, 6) is 0.827. The number of pyridine rings is 1. The zero-order valence-electron chi connectivity index (χ0n) is 8.59. The van der Waals surface area contributed by atoms with Gasteiger partial charge in [0.05, 0.1) is 18.4 Å². The quantitative estimate of drug-likeness (QED) is 0.766. The van der Waals surface area contributed by atoms with E-state index < -0.39 is 0 Å². The van der Waals surface area contributed by atoms with Gasteiger partial charge in [-0.1, -0.05) is 0 Å². The highest BCUT2D eigenvalue weighted by Gasteiger charge is 2.27. The molecule has 2 aromatic rings. The van der Waals surface area contributed by atoms with Gasteiger partial charge in [-0.3, -0.25) is 9.78 Å². The molecule has 0 N–H and O–H groups in total. The molecule has 1 amide bonds. The summed E-state index contributed by atoms with van der Waals surface area (Å²) in [4.78, 5) is 17.7. The Hall–Kier alpha value is -2.10. The van der Waals surface area contributed by atoms with E-state index in [0.717, 1.165) is 11.3 Å². The molecule has 0 aliphatic carbocycles. The molecule has 3 rings (SSSR count). The second kappa shape index (κ2) is 3.48. The monoisotopic (exact) mass is 214 g/mol. The first kappa shape index (κ1) is 9.15. The summed E-state index contributed by atoms with van der Waals surface area (Å²) in [6, 6.07) is 5.58. The third kappa shape index (κ3) is 1.39. The van der Waals surface area contributed by atoms with Crippen LogP contribution in [0, 0.1) is 0 Å². The molecule has 2 aromatic heterocycles. The van der Waals surface area contributed by atoms with E-state index >= 15 is 0 Å². The maximum atomic E-state index is 12.0. The molecular weight excluding hydrogens is 204 g/mol. The SMILES string of the molecule is O=C1c2cnccc2CN1Cc1ccco1. The van der Waals surface area contributed by atoms with Gasteiger partial charge in [-0.25, -0.2) is 0 Å². The van der Waals surface area contributed by atoms with Crippen LogP contribution >= 0.6 is 0 Å². The fourth-order valence-corrected chi connectivity index (χ4v) is 1.92. The maximum absolute atomic E-state index is 12.0. The lowest BCUT2D eigenvalue weighted by Gasteiger charge is -2.13. The van der Waals surface area contributed by atoms with E-state index in [-0.39, 0.29) is 5.91 Å². The van der Waals surface area contributed by atoms with Crippen LogP contribution in [0.25, 0.3) is 0 Å². The molecule has 1 aliphatic rings. The number of hydrogen-bond donors (Lipinski definition) is 0. The van der Waals surface area contributed by atoms with Crippen molar-refractivity contribution < 1.29 is 9.21 Å². The second-order valence-electron chi connectivity index (χ2n) is 3.77. The third-order valence-corrected chi connectivity index (χ3v) is 2.72. The van der Waals surface area contributed by atoms with Crippen LogP contribution in [0.15, 0.2) is 41.3 Å². The van der Waals surface area contributed by atoms with E-state index in [2.05, 4.69) is 4.98 Å². The van der Waals surface area contributed by atoms with E-state index in [1.54, 1.807) is 23.6 Å². The summed E-state index contributed by atoms with van der Waals surface area (Å²) < 4.78 is 5.23. The Kier molecular flexibility index (Phi) is 1.99. The number of rotatable bonds is 2. The van der Waals surface area contributed by atoms with Crippen LogP contribution in [0.5, 0.6) is 0 Å². The summed E-state index contributed by atoms with van der Waals surface area (Å²) in [7, 11) is 0. The van der Waals surface area contributed by atoms with E-state index in [4.69, 9.17) is 4.42 Å². The number of hydrogen-bond acceptors (Lipinski definition) is 3. The third-order valence-electron chi connectivity index (χ3n) is 2.72. The minimum Gasteiger partial charge on any atom is -0.467 e. The van der Waals surface area contributed by atoms with Crippen molar-refractivity contribution in [2.75, 3.05) is 0 Å². The largest absolute Gasteiger partial charge is 0.467 e. The molecule has 0 radical (unpaired) electrons. The summed E-state index contributed by atoms with van der Waals surface area (Å²) in [6.07, 6.45) is 4.95. The highest BCUT2D eigenvalue weighted by atomic mass is 16.3. The predicted octanol–water partition coefficient (Wildman–Crippen LogP) is 1.83. The maximum Gasteiger partial charge on any atom is 0.256 e. The van der Waals surface area contributed by atoms with Gasteiger partial charge in [-0.05, 0) is 23.8 Å². The second-order valence-corrected chi connectivity index (χ2v) is 3.77. The number of aromatic nitrogens is 1. The van der Waals surface area contributed by atoms with Crippen LogP contribution in [-0.2, 0) is 13.1 Å². The van der Waals surface area contributed by atoms with Gasteiger partial charge in [-0.15, -0.1) is 0 Å². The number of carbonyl (C=O) groups is 1. The standard InChI is InChI=1S/C12H10N2O2/c15-12-11-6-13-4-3-9(11)7-14(12)8-10-2-1-5-16-10/h1-6H,7-8H2. The van der Waals surface area contributed by atoms with Crippen molar-refractivity contribution >= 4 is 5.91 Å². The molecule has 4 nitrogen and oxygen atoms in total. The van der Waals surface area contributed by atoms with E-state index in [1.807, 2.05) is 18.2 Å². The average Bonchev–Trinajstić information content (AvgIpc) is 2.90. The van der Waals surface area contributed by atoms with Gasteiger partial charge in [0.25, 0.3) is 5.91 Å². The average molecular weight is 214 g/mol. The van der Waals surface area contributed by atoms with Gasteiger partial charge in [0, 0.05) is 18.9 Å². The molecule has 4 heteroatoms.